The Kier molecular flexibility index (Phi) is 7.51. The average Bonchev–Trinajstić information content (AvgIpc) is 3.20. The van der Waals surface area contributed by atoms with Gasteiger partial charge in [0.05, 0.1) is 25.4 Å². The number of aromatic nitrogens is 2. The molecule has 0 bridgehead atoms. The molecule has 0 saturated heterocycles. The van der Waals surface area contributed by atoms with Crippen LogP contribution in [0.5, 0.6) is 11.5 Å². The number of nitrogens with zero attached hydrogens (tertiary/aromatic N) is 3. The Labute approximate surface area is 180 Å². The Balaban J connectivity index is 1.60. The summed E-state index contributed by atoms with van der Waals surface area (Å²) in [7, 11) is 0. The quantitative estimate of drug-likeness (QED) is 0.388. The number of anilines is 1. The molecule has 1 heterocycles. The van der Waals surface area contributed by atoms with E-state index in [1.54, 1.807) is 12.1 Å². The second kappa shape index (κ2) is 10.5. The van der Waals surface area contributed by atoms with Crippen molar-refractivity contribution in [1.29, 1.82) is 0 Å². The van der Waals surface area contributed by atoms with Gasteiger partial charge in [-0.15, -0.1) is 0 Å². The summed E-state index contributed by atoms with van der Waals surface area (Å²) in [5.41, 5.74) is 7.55. The van der Waals surface area contributed by atoms with Gasteiger partial charge in [-0.05, 0) is 50.2 Å². The molecule has 3 aromatic rings. The summed E-state index contributed by atoms with van der Waals surface area (Å²) in [6, 6.07) is 12.7. The number of rotatable bonds is 9. The Hall–Kier alpha value is -3.26. The standard InChI is InChI=1S/C21H24ClN5O3/c1-3-28-16-9-10-18(29-4-2)17(13-16)25-21(23)24-12-11-19-26-20(27-30-19)14-5-7-15(22)8-6-14/h5-10,13H,3-4,11-12H2,1-2H3,(H3,23,24,25). The topological polar surface area (TPSA) is 108 Å². The lowest BCUT2D eigenvalue weighted by atomic mass is 10.2. The van der Waals surface area contributed by atoms with Gasteiger partial charge in [-0.25, -0.2) is 0 Å². The molecule has 1 aromatic heterocycles. The fraction of sp³-hybridized carbons (Fsp3) is 0.286. The van der Waals surface area contributed by atoms with Gasteiger partial charge in [-0.2, -0.15) is 4.98 Å². The molecule has 158 valence electrons. The molecule has 8 nitrogen and oxygen atoms in total. The lowest BCUT2D eigenvalue weighted by Gasteiger charge is -2.13. The molecule has 0 amide bonds. The predicted molar refractivity (Wildman–Crippen MR) is 117 cm³/mol. The minimum Gasteiger partial charge on any atom is -0.494 e. The second-order valence-corrected chi connectivity index (χ2v) is 6.62. The van der Waals surface area contributed by atoms with Crippen LogP contribution in [0.1, 0.15) is 19.7 Å². The van der Waals surface area contributed by atoms with Crippen LogP contribution in [-0.4, -0.2) is 35.9 Å². The van der Waals surface area contributed by atoms with E-state index < -0.39 is 0 Å². The van der Waals surface area contributed by atoms with Crippen molar-refractivity contribution in [2.75, 3.05) is 25.1 Å². The van der Waals surface area contributed by atoms with E-state index in [1.165, 1.54) is 0 Å². The second-order valence-electron chi connectivity index (χ2n) is 6.18. The lowest BCUT2D eigenvalue weighted by Crippen LogP contribution is -2.23. The molecule has 0 aliphatic rings. The number of ether oxygens (including phenoxy) is 2. The Bertz CT molecular complexity index is 989. The molecule has 3 N–H and O–H groups in total. The maximum Gasteiger partial charge on any atom is 0.228 e. The van der Waals surface area contributed by atoms with Gasteiger partial charge in [0.25, 0.3) is 0 Å². The van der Waals surface area contributed by atoms with Crippen molar-refractivity contribution in [3.8, 4) is 22.9 Å². The van der Waals surface area contributed by atoms with E-state index >= 15 is 0 Å². The van der Waals surface area contributed by atoms with Gasteiger partial charge in [-0.3, -0.25) is 4.99 Å². The highest BCUT2D eigenvalue weighted by molar-refractivity contribution is 6.30. The van der Waals surface area contributed by atoms with E-state index in [1.807, 2.05) is 44.2 Å². The zero-order valence-corrected chi connectivity index (χ0v) is 17.6. The molecular weight excluding hydrogens is 406 g/mol. The summed E-state index contributed by atoms with van der Waals surface area (Å²) in [6.45, 7) is 5.33. The number of aliphatic imine (C=N–C) groups is 1. The smallest absolute Gasteiger partial charge is 0.228 e. The molecule has 0 spiro atoms. The summed E-state index contributed by atoms with van der Waals surface area (Å²) in [5.74, 6) is 2.62. The summed E-state index contributed by atoms with van der Waals surface area (Å²) in [6.07, 6.45) is 0.459. The van der Waals surface area contributed by atoms with Gasteiger partial charge < -0.3 is 25.0 Å². The van der Waals surface area contributed by atoms with Gasteiger partial charge in [0, 0.05) is 23.1 Å². The van der Waals surface area contributed by atoms with Crippen molar-refractivity contribution in [3.05, 3.63) is 53.4 Å². The van der Waals surface area contributed by atoms with Gasteiger partial charge in [0.2, 0.25) is 11.7 Å². The Morgan fingerprint density at radius 1 is 1.13 bits per heavy atom. The van der Waals surface area contributed by atoms with Gasteiger partial charge in [0.15, 0.2) is 5.96 Å². The molecular formula is C21H24ClN5O3. The molecule has 0 unspecified atom stereocenters. The number of halogens is 1. The number of hydrogen-bond acceptors (Lipinski definition) is 6. The van der Waals surface area contributed by atoms with Crippen LogP contribution >= 0.6 is 11.6 Å². The van der Waals surface area contributed by atoms with E-state index in [-0.39, 0.29) is 5.96 Å². The SMILES string of the molecule is CCOc1ccc(OCC)c(NC(N)=NCCc2nc(-c3ccc(Cl)cc3)no2)c1. The van der Waals surface area contributed by atoms with Crippen LogP contribution in [0.25, 0.3) is 11.4 Å². The van der Waals surface area contributed by atoms with Crippen LogP contribution < -0.4 is 20.5 Å². The first kappa shape index (κ1) is 21.4. The first-order chi connectivity index (χ1) is 14.6. The van der Waals surface area contributed by atoms with E-state index in [9.17, 15) is 0 Å². The molecule has 3 rings (SSSR count). The minimum atomic E-state index is 0.252. The largest absolute Gasteiger partial charge is 0.494 e. The lowest BCUT2D eigenvalue weighted by molar-refractivity contribution is 0.332. The highest BCUT2D eigenvalue weighted by Gasteiger charge is 2.09. The summed E-state index contributed by atoms with van der Waals surface area (Å²) < 4.78 is 16.4. The molecule has 0 atom stereocenters. The molecule has 30 heavy (non-hydrogen) atoms. The normalized spacial score (nSPS) is 11.4. The van der Waals surface area contributed by atoms with Crippen molar-refractivity contribution >= 4 is 23.2 Å². The monoisotopic (exact) mass is 429 g/mol. The number of nitrogens with two attached hydrogens (primary N) is 1. The number of hydrogen-bond donors (Lipinski definition) is 2. The molecule has 0 fully saturated rings. The highest BCUT2D eigenvalue weighted by Crippen LogP contribution is 2.29. The third-order valence-corrected chi connectivity index (χ3v) is 4.25. The Morgan fingerprint density at radius 2 is 1.90 bits per heavy atom. The average molecular weight is 430 g/mol. The maximum atomic E-state index is 6.03. The van der Waals surface area contributed by atoms with Crippen LogP contribution in [0.15, 0.2) is 52.0 Å². The zero-order valence-electron chi connectivity index (χ0n) is 16.9. The fourth-order valence-electron chi connectivity index (χ4n) is 2.67. The van der Waals surface area contributed by atoms with Crippen LogP contribution in [0.2, 0.25) is 5.02 Å². The van der Waals surface area contributed by atoms with E-state index in [4.69, 9.17) is 31.3 Å². The van der Waals surface area contributed by atoms with Crippen LogP contribution in [0, 0.1) is 0 Å². The molecule has 0 saturated carbocycles. The van der Waals surface area contributed by atoms with Crippen LogP contribution in [0.4, 0.5) is 5.69 Å². The van der Waals surface area contributed by atoms with E-state index in [0.717, 1.165) is 11.3 Å². The van der Waals surface area contributed by atoms with Gasteiger partial charge in [-0.1, -0.05) is 16.8 Å². The predicted octanol–water partition coefficient (Wildman–Crippen LogP) is 4.16. The van der Waals surface area contributed by atoms with Gasteiger partial charge >= 0.3 is 0 Å². The molecule has 9 heteroatoms. The van der Waals surface area contributed by atoms with Crippen LogP contribution in [0.3, 0.4) is 0 Å². The first-order valence-corrected chi connectivity index (χ1v) is 10.0. The highest BCUT2D eigenvalue weighted by atomic mass is 35.5. The van der Waals surface area contributed by atoms with Crippen molar-refractivity contribution in [2.24, 2.45) is 10.7 Å². The van der Waals surface area contributed by atoms with Crippen molar-refractivity contribution in [3.63, 3.8) is 0 Å². The summed E-state index contributed by atoms with van der Waals surface area (Å²) >= 11 is 5.90. The van der Waals surface area contributed by atoms with Crippen molar-refractivity contribution in [2.45, 2.75) is 20.3 Å². The minimum absolute atomic E-state index is 0.252. The first-order valence-electron chi connectivity index (χ1n) is 9.64. The van der Waals surface area contributed by atoms with Crippen molar-refractivity contribution < 1.29 is 14.0 Å². The summed E-state index contributed by atoms with van der Waals surface area (Å²) in [5, 5.41) is 7.70. The van der Waals surface area contributed by atoms with E-state index in [2.05, 4.69) is 20.4 Å². The summed E-state index contributed by atoms with van der Waals surface area (Å²) in [4.78, 5) is 8.70. The maximum absolute atomic E-state index is 6.03. The van der Waals surface area contributed by atoms with Gasteiger partial charge in [0.1, 0.15) is 11.5 Å². The zero-order chi connectivity index (χ0) is 21.3. The van der Waals surface area contributed by atoms with E-state index in [0.29, 0.717) is 54.4 Å². The third-order valence-electron chi connectivity index (χ3n) is 4.00. The van der Waals surface area contributed by atoms with Crippen LogP contribution in [-0.2, 0) is 6.42 Å². The number of guanidine groups is 1. The number of benzene rings is 2. The van der Waals surface area contributed by atoms with Crippen molar-refractivity contribution in [1.82, 2.24) is 10.1 Å². The Morgan fingerprint density at radius 3 is 2.63 bits per heavy atom. The fourth-order valence-corrected chi connectivity index (χ4v) is 2.79. The molecule has 0 aliphatic carbocycles. The number of nitrogens with one attached hydrogen (secondary N) is 1. The molecule has 2 aromatic carbocycles. The molecule has 0 radical (unpaired) electrons. The molecule has 0 aliphatic heterocycles. The third kappa shape index (κ3) is 5.87.